The van der Waals surface area contributed by atoms with Crippen molar-refractivity contribution in [3.05, 3.63) is 132 Å². The van der Waals surface area contributed by atoms with Crippen molar-refractivity contribution in [1.29, 1.82) is 0 Å². The number of rotatable bonds is 8. The molecule has 1 saturated heterocycles. The van der Waals surface area contributed by atoms with Crippen molar-refractivity contribution >= 4 is 5.91 Å². The van der Waals surface area contributed by atoms with Crippen LogP contribution in [-0.4, -0.2) is 23.9 Å². The van der Waals surface area contributed by atoms with Gasteiger partial charge in [-0.1, -0.05) is 115 Å². The fourth-order valence-corrected chi connectivity index (χ4v) is 5.28. The molecular formula is C33H34N2O. The summed E-state index contributed by atoms with van der Waals surface area (Å²) < 4.78 is 0. The van der Waals surface area contributed by atoms with Gasteiger partial charge in [0.25, 0.3) is 0 Å². The number of amides is 1. The van der Waals surface area contributed by atoms with E-state index in [9.17, 15) is 4.79 Å². The fourth-order valence-electron chi connectivity index (χ4n) is 5.28. The molecule has 0 aliphatic carbocycles. The zero-order chi connectivity index (χ0) is 24.6. The number of benzene rings is 4. The van der Waals surface area contributed by atoms with E-state index in [0.717, 1.165) is 43.6 Å². The number of carbonyl (C=O) groups is 1. The van der Waals surface area contributed by atoms with Gasteiger partial charge in [-0.3, -0.25) is 9.69 Å². The second kappa shape index (κ2) is 11.8. The lowest BCUT2D eigenvalue weighted by molar-refractivity contribution is -0.122. The summed E-state index contributed by atoms with van der Waals surface area (Å²) in [7, 11) is 0. The molecule has 1 heterocycles. The number of piperidine rings is 1. The molecule has 1 fully saturated rings. The minimum absolute atomic E-state index is 0.116. The summed E-state index contributed by atoms with van der Waals surface area (Å²) in [6.45, 7) is 3.01. The summed E-state index contributed by atoms with van der Waals surface area (Å²) in [6, 6.07) is 39.7. The van der Waals surface area contributed by atoms with Crippen molar-refractivity contribution in [1.82, 2.24) is 10.2 Å². The van der Waals surface area contributed by atoms with Crippen molar-refractivity contribution in [2.24, 2.45) is 5.92 Å². The van der Waals surface area contributed by atoms with Gasteiger partial charge in [-0.25, -0.2) is 0 Å². The fraction of sp³-hybridized carbons (Fsp3) is 0.242. The summed E-state index contributed by atoms with van der Waals surface area (Å²) in [5.41, 5.74) is 6.18. The average Bonchev–Trinajstić information content (AvgIpc) is 2.94. The van der Waals surface area contributed by atoms with Crippen LogP contribution >= 0.6 is 0 Å². The maximum absolute atomic E-state index is 13.1. The standard InChI is InChI=1S/C33H34N2O/c36-32(34-33(28-14-6-2-7-15-28)29-16-8-3-9-17-29)24-26-20-22-35(23-21-26)25-30-18-10-11-19-31(30)27-12-4-1-5-13-27/h1-19,26,33H,20-25H2,(H,34,36). The molecule has 1 aliphatic heterocycles. The first kappa shape index (κ1) is 24.0. The largest absolute Gasteiger partial charge is 0.345 e. The molecule has 4 aromatic rings. The van der Waals surface area contributed by atoms with Crippen molar-refractivity contribution in [2.75, 3.05) is 13.1 Å². The Hall–Kier alpha value is -3.69. The Morgan fingerprint density at radius 3 is 1.86 bits per heavy atom. The van der Waals surface area contributed by atoms with Gasteiger partial charge in [0.05, 0.1) is 6.04 Å². The Morgan fingerprint density at radius 1 is 0.722 bits per heavy atom. The molecule has 1 aliphatic rings. The normalized spacial score (nSPS) is 14.6. The van der Waals surface area contributed by atoms with Gasteiger partial charge in [-0.05, 0) is 59.7 Å². The minimum Gasteiger partial charge on any atom is -0.345 e. The van der Waals surface area contributed by atoms with E-state index in [4.69, 9.17) is 0 Å². The smallest absolute Gasteiger partial charge is 0.221 e. The van der Waals surface area contributed by atoms with Crippen LogP contribution in [0.2, 0.25) is 0 Å². The van der Waals surface area contributed by atoms with Crippen LogP contribution < -0.4 is 5.32 Å². The van der Waals surface area contributed by atoms with E-state index in [0.29, 0.717) is 12.3 Å². The third kappa shape index (κ3) is 6.10. The number of hydrogen-bond donors (Lipinski definition) is 1. The van der Waals surface area contributed by atoms with Gasteiger partial charge in [0.2, 0.25) is 5.91 Å². The van der Waals surface area contributed by atoms with E-state index in [1.54, 1.807) is 0 Å². The Balaban J connectivity index is 1.17. The molecule has 5 rings (SSSR count). The van der Waals surface area contributed by atoms with Gasteiger partial charge in [0, 0.05) is 13.0 Å². The lowest BCUT2D eigenvalue weighted by Gasteiger charge is -2.32. The predicted octanol–water partition coefficient (Wildman–Crippen LogP) is 6.86. The highest BCUT2D eigenvalue weighted by Gasteiger charge is 2.24. The van der Waals surface area contributed by atoms with Gasteiger partial charge in [0.1, 0.15) is 0 Å². The van der Waals surface area contributed by atoms with Crippen LogP contribution in [0, 0.1) is 5.92 Å². The second-order valence-corrected chi connectivity index (χ2v) is 9.77. The first-order valence-electron chi connectivity index (χ1n) is 13.0. The molecule has 0 spiro atoms. The molecule has 0 aromatic heterocycles. The van der Waals surface area contributed by atoms with Crippen LogP contribution in [0.3, 0.4) is 0 Å². The highest BCUT2D eigenvalue weighted by atomic mass is 16.1. The monoisotopic (exact) mass is 474 g/mol. The third-order valence-corrected chi connectivity index (χ3v) is 7.25. The first-order chi connectivity index (χ1) is 17.8. The lowest BCUT2D eigenvalue weighted by Crippen LogP contribution is -2.36. The van der Waals surface area contributed by atoms with Crippen LogP contribution in [0.25, 0.3) is 11.1 Å². The third-order valence-electron chi connectivity index (χ3n) is 7.25. The first-order valence-corrected chi connectivity index (χ1v) is 13.0. The van der Waals surface area contributed by atoms with Crippen LogP contribution in [0.4, 0.5) is 0 Å². The number of carbonyl (C=O) groups excluding carboxylic acids is 1. The van der Waals surface area contributed by atoms with Crippen LogP contribution in [0.5, 0.6) is 0 Å². The Labute approximate surface area is 214 Å². The molecule has 0 saturated carbocycles. The van der Waals surface area contributed by atoms with E-state index < -0.39 is 0 Å². The zero-order valence-corrected chi connectivity index (χ0v) is 20.7. The molecule has 0 radical (unpaired) electrons. The van der Waals surface area contributed by atoms with Gasteiger partial charge in [-0.2, -0.15) is 0 Å². The molecule has 1 amide bonds. The maximum atomic E-state index is 13.1. The van der Waals surface area contributed by atoms with Crippen molar-refractivity contribution in [2.45, 2.75) is 31.8 Å². The minimum atomic E-state index is -0.116. The number of hydrogen-bond acceptors (Lipinski definition) is 2. The number of nitrogens with zero attached hydrogens (tertiary/aromatic N) is 1. The molecule has 4 aromatic carbocycles. The molecule has 0 bridgehead atoms. The van der Waals surface area contributed by atoms with Crippen LogP contribution in [0.15, 0.2) is 115 Å². The summed E-state index contributed by atoms with van der Waals surface area (Å²) in [5.74, 6) is 0.568. The summed E-state index contributed by atoms with van der Waals surface area (Å²) in [5, 5.41) is 3.32. The van der Waals surface area contributed by atoms with Crippen molar-refractivity contribution < 1.29 is 4.79 Å². The highest BCUT2D eigenvalue weighted by molar-refractivity contribution is 5.77. The lowest BCUT2D eigenvalue weighted by atomic mass is 9.91. The molecule has 3 heteroatoms. The van der Waals surface area contributed by atoms with E-state index in [2.05, 4.69) is 89.1 Å². The SMILES string of the molecule is O=C(CC1CCN(Cc2ccccc2-c2ccccc2)CC1)NC(c1ccccc1)c1ccccc1. The van der Waals surface area contributed by atoms with E-state index >= 15 is 0 Å². The zero-order valence-electron chi connectivity index (χ0n) is 20.7. The second-order valence-electron chi connectivity index (χ2n) is 9.77. The molecular weight excluding hydrogens is 440 g/mol. The van der Waals surface area contributed by atoms with Gasteiger partial charge in [0.15, 0.2) is 0 Å². The number of nitrogens with one attached hydrogen (secondary N) is 1. The topological polar surface area (TPSA) is 32.3 Å². The van der Waals surface area contributed by atoms with Gasteiger partial charge in [-0.15, -0.1) is 0 Å². The maximum Gasteiger partial charge on any atom is 0.221 e. The molecule has 36 heavy (non-hydrogen) atoms. The molecule has 0 atom stereocenters. The quantitative estimate of drug-likeness (QED) is 0.302. The number of likely N-dealkylation sites (tertiary alicyclic amines) is 1. The van der Waals surface area contributed by atoms with Crippen molar-refractivity contribution in [3.8, 4) is 11.1 Å². The molecule has 3 nitrogen and oxygen atoms in total. The van der Waals surface area contributed by atoms with Crippen LogP contribution in [-0.2, 0) is 11.3 Å². The van der Waals surface area contributed by atoms with Crippen molar-refractivity contribution in [3.63, 3.8) is 0 Å². The summed E-state index contributed by atoms with van der Waals surface area (Å²) in [6.07, 6.45) is 2.70. The van der Waals surface area contributed by atoms with E-state index in [1.165, 1.54) is 16.7 Å². The molecule has 182 valence electrons. The highest BCUT2D eigenvalue weighted by Crippen LogP contribution is 2.28. The van der Waals surface area contributed by atoms with Gasteiger partial charge >= 0.3 is 0 Å². The van der Waals surface area contributed by atoms with E-state index in [1.807, 2.05) is 36.4 Å². The van der Waals surface area contributed by atoms with Crippen LogP contribution in [0.1, 0.15) is 42.0 Å². The Kier molecular flexibility index (Phi) is 7.89. The summed E-state index contributed by atoms with van der Waals surface area (Å²) >= 11 is 0. The Bertz CT molecular complexity index is 1190. The average molecular weight is 475 g/mol. The Morgan fingerprint density at radius 2 is 1.25 bits per heavy atom. The van der Waals surface area contributed by atoms with E-state index in [-0.39, 0.29) is 11.9 Å². The predicted molar refractivity (Wildman–Crippen MR) is 147 cm³/mol. The molecule has 1 N–H and O–H groups in total. The van der Waals surface area contributed by atoms with Gasteiger partial charge < -0.3 is 5.32 Å². The molecule has 0 unspecified atom stereocenters. The summed E-state index contributed by atoms with van der Waals surface area (Å²) in [4.78, 5) is 15.7.